The Hall–Kier alpha value is -3.60. The van der Waals surface area contributed by atoms with Crippen LogP contribution < -0.4 is 15.1 Å². The fourth-order valence-corrected chi connectivity index (χ4v) is 5.80. The minimum Gasteiger partial charge on any atom is -0.378 e. The molecule has 0 unspecified atom stereocenters. The molecule has 5 heterocycles. The summed E-state index contributed by atoms with van der Waals surface area (Å²) in [5.41, 5.74) is 3.96. The van der Waals surface area contributed by atoms with Crippen LogP contribution in [0.15, 0.2) is 55.0 Å². The number of rotatable bonds is 6. The minimum atomic E-state index is -0.391. The zero-order valence-corrected chi connectivity index (χ0v) is 23.2. The predicted molar refractivity (Wildman–Crippen MR) is 155 cm³/mol. The predicted octanol–water partition coefficient (Wildman–Crippen LogP) is 4.44. The Kier molecular flexibility index (Phi) is 7.64. The highest BCUT2D eigenvalue weighted by Gasteiger charge is 2.25. The van der Waals surface area contributed by atoms with Gasteiger partial charge in [-0.2, -0.15) is 0 Å². The molecule has 0 saturated carbocycles. The van der Waals surface area contributed by atoms with E-state index in [-0.39, 0.29) is 12.5 Å². The molecule has 9 nitrogen and oxygen atoms in total. The number of hydrogen-bond acceptors (Lipinski definition) is 7. The summed E-state index contributed by atoms with van der Waals surface area (Å²) in [7, 11) is 0. The monoisotopic (exact) mass is 583 g/mol. The number of pyridine rings is 2. The van der Waals surface area contributed by atoms with Gasteiger partial charge in [-0.25, -0.2) is 9.37 Å². The second-order valence-electron chi connectivity index (χ2n) is 9.70. The van der Waals surface area contributed by atoms with Crippen LogP contribution in [0.4, 0.5) is 21.6 Å². The topological polar surface area (TPSA) is 78.2 Å². The highest BCUT2D eigenvalue weighted by molar-refractivity contribution is 6.38. The van der Waals surface area contributed by atoms with E-state index in [1.165, 1.54) is 12.3 Å². The maximum absolute atomic E-state index is 14.2. The number of nitrogens with one attached hydrogen (secondary N) is 1. The van der Waals surface area contributed by atoms with E-state index in [2.05, 4.69) is 32.2 Å². The first-order valence-corrected chi connectivity index (χ1v) is 13.9. The van der Waals surface area contributed by atoms with Gasteiger partial charge in [0.25, 0.3) is 0 Å². The Bertz CT molecular complexity index is 1500. The number of imidazole rings is 1. The van der Waals surface area contributed by atoms with Gasteiger partial charge in [-0.05, 0) is 24.3 Å². The Balaban J connectivity index is 1.17. The van der Waals surface area contributed by atoms with Crippen molar-refractivity contribution >= 4 is 51.9 Å². The largest absolute Gasteiger partial charge is 0.378 e. The number of benzene rings is 1. The molecular weight excluding hydrogens is 556 g/mol. The van der Waals surface area contributed by atoms with Crippen molar-refractivity contribution < 1.29 is 13.9 Å². The van der Waals surface area contributed by atoms with Gasteiger partial charge in [0.05, 0.1) is 35.5 Å². The summed E-state index contributed by atoms with van der Waals surface area (Å²) in [6, 6.07) is 11.1. The number of anilines is 3. The highest BCUT2D eigenvalue weighted by Crippen LogP contribution is 2.33. The molecule has 2 aliphatic rings. The summed E-state index contributed by atoms with van der Waals surface area (Å²) in [6.07, 6.45) is 4.51. The standard InChI is InChI=1S/C28H28Cl2FN7O2/c29-22-15-32-16-23(30)27(22)37-9-7-36(8-10-37)25(39)17-33-28-26(34-24-6-3-20(31)18-38(24)28)19-1-4-21(5-2-19)35-11-13-40-14-12-35/h1-6,15-16,18,33H,7-14,17H2. The molecule has 3 aromatic heterocycles. The molecule has 0 bridgehead atoms. The van der Waals surface area contributed by atoms with Gasteiger partial charge in [-0.15, -0.1) is 0 Å². The Morgan fingerprint density at radius 3 is 2.33 bits per heavy atom. The molecule has 0 radical (unpaired) electrons. The van der Waals surface area contributed by atoms with Crippen molar-refractivity contribution in [3.8, 4) is 11.3 Å². The van der Waals surface area contributed by atoms with Crippen molar-refractivity contribution in [3.63, 3.8) is 0 Å². The number of amides is 1. The smallest absolute Gasteiger partial charge is 0.242 e. The van der Waals surface area contributed by atoms with Crippen LogP contribution in [0.1, 0.15) is 0 Å². The van der Waals surface area contributed by atoms with Crippen molar-refractivity contribution in [2.75, 3.05) is 74.1 Å². The van der Waals surface area contributed by atoms with E-state index in [0.29, 0.717) is 66.6 Å². The van der Waals surface area contributed by atoms with Gasteiger partial charge in [0.2, 0.25) is 5.91 Å². The van der Waals surface area contributed by atoms with Crippen LogP contribution in [0.3, 0.4) is 0 Å². The fourth-order valence-electron chi connectivity index (χ4n) is 5.20. The number of halogens is 3. The molecular formula is C28H28Cl2FN7O2. The molecule has 1 N–H and O–H groups in total. The van der Waals surface area contributed by atoms with E-state index in [9.17, 15) is 9.18 Å². The van der Waals surface area contributed by atoms with Crippen LogP contribution in [-0.2, 0) is 9.53 Å². The molecule has 0 atom stereocenters. The molecule has 6 rings (SSSR count). The third kappa shape index (κ3) is 5.39. The average Bonchev–Trinajstić information content (AvgIpc) is 3.34. The summed E-state index contributed by atoms with van der Waals surface area (Å²) in [6.45, 7) is 5.38. The second-order valence-corrected chi connectivity index (χ2v) is 10.5. The molecule has 4 aromatic rings. The molecule has 0 aliphatic carbocycles. The summed E-state index contributed by atoms with van der Waals surface area (Å²) in [5, 5.41) is 4.22. The number of fused-ring (bicyclic) bond motifs is 1. The van der Waals surface area contributed by atoms with Gasteiger partial charge in [0.15, 0.2) is 0 Å². The number of hydrogen-bond donors (Lipinski definition) is 1. The van der Waals surface area contributed by atoms with E-state index < -0.39 is 5.82 Å². The first kappa shape index (κ1) is 26.6. The Morgan fingerprint density at radius 1 is 0.925 bits per heavy atom. The zero-order valence-electron chi connectivity index (χ0n) is 21.7. The van der Waals surface area contributed by atoms with Crippen LogP contribution >= 0.6 is 23.2 Å². The van der Waals surface area contributed by atoms with E-state index in [1.807, 2.05) is 12.1 Å². The van der Waals surface area contributed by atoms with Gasteiger partial charge in [0.1, 0.15) is 23.0 Å². The third-order valence-electron chi connectivity index (χ3n) is 7.28. The van der Waals surface area contributed by atoms with Gasteiger partial charge in [-0.3, -0.25) is 14.2 Å². The quantitative estimate of drug-likeness (QED) is 0.359. The molecule has 12 heteroatoms. The normalized spacial score (nSPS) is 16.0. The van der Waals surface area contributed by atoms with E-state index in [4.69, 9.17) is 32.9 Å². The van der Waals surface area contributed by atoms with Gasteiger partial charge >= 0.3 is 0 Å². The van der Waals surface area contributed by atoms with Crippen molar-refractivity contribution in [3.05, 3.63) is 70.9 Å². The lowest BCUT2D eigenvalue weighted by atomic mass is 10.1. The molecule has 0 spiro atoms. The van der Waals surface area contributed by atoms with E-state index in [1.54, 1.807) is 27.8 Å². The molecule has 1 aromatic carbocycles. The van der Waals surface area contributed by atoms with Crippen LogP contribution in [0.5, 0.6) is 0 Å². The number of morpholine rings is 1. The van der Waals surface area contributed by atoms with Crippen molar-refractivity contribution in [1.82, 2.24) is 19.3 Å². The van der Waals surface area contributed by atoms with Crippen molar-refractivity contribution in [2.24, 2.45) is 0 Å². The first-order chi connectivity index (χ1) is 19.5. The van der Waals surface area contributed by atoms with Crippen molar-refractivity contribution in [2.45, 2.75) is 0 Å². The maximum atomic E-state index is 14.2. The zero-order chi connectivity index (χ0) is 27.6. The number of ether oxygens (including phenoxy) is 1. The average molecular weight is 584 g/mol. The number of carbonyl (C=O) groups is 1. The summed E-state index contributed by atoms with van der Waals surface area (Å²) >= 11 is 12.6. The lowest BCUT2D eigenvalue weighted by molar-refractivity contribution is -0.129. The van der Waals surface area contributed by atoms with Crippen LogP contribution in [-0.4, -0.2) is 84.2 Å². The highest BCUT2D eigenvalue weighted by atomic mass is 35.5. The SMILES string of the molecule is O=C(CNc1c(-c2ccc(N3CCOCC3)cc2)nc2ccc(F)cn12)N1CCN(c2c(Cl)cncc2Cl)CC1. The van der Waals surface area contributed by atoms with Crippen molar-refractivity contribution in [1.29, 1.82) is 0 Å². The molecule has 2 fully saturated rings. The third-order valence-corrected chi connectivity index (χ3v) is 7.84. The van der Waals surface area contributed by atoms with Crippen LogP contribution in [0.2, 0.25) is 10.0 Å². The molecule has 40 heavy (non-hydrogen) atoms. The number of carbonyl (C=O) groups excluding carboxylic acids is 1. The van der Waals surface area contributed by atoms with Gasteiger partial charge < -0.3 is 24.8 Å². The second kappa shape index (κ2) is 11.5. The number of aromatic nitrogens is 3. The maximum Gasteiger partial charge on any atom is 0.242 e. The van der Waals surface area contributed by atoms with Crippen LogP contribution in [0, 0.1) is 5.82 Å². The van der Waals surface area contributed by atoms with Crippen LogP contribution in [0.25, 0.3) is 16.9 Å². The molecule has 2 aliphatic heterocycles. The summed E-state index contributed by atoms with van der Waals surface area (Å²) < 4.78 is 21.3. The summed E-state index contributed by atoms with van der Waals surface area (Å²) in [4.78, 5) is 28.1. The molecule has 1 amide bonds. The van der Waals surface area contributed by atoms with E-state index in [0.717, 1.165) is 30.0 Å². The van der Waals surface area contributed by atoms with Gasteiger partial charge in [-0.1, -0.05) is 35.3 Å². The number of piperazine rings is 1. The van der Waals surface area contributed by atoms with E-state index >= 15 is 0 Å². The first-order valence-electron chi connectivity index (χ1n) is 13.1. The lowest BCUT2D eigenvalue weighted by Gasteiger charge is -2.36. The number of nitrogens with zero attached hydrogens (tertiary/aromatic N) is 6. The fraction of sp³-hybridized carbons (Fsp3) is 0.321. The minimum absolute atomic E-state index is 0.0416. The summed E-state index contributed by atoms with van der Waals surface area (Å²) in [5.74, 6) is 0.112. The Morgan fingerprint density at radius 2 is 1.62 bits per heavy atom. The van der Waals surface area contributed by atoms with Gasteiger partial charge in [0, 0.05) is 69.1 Å². The molecule has 2 saturated heterocycles. The Labute approximate surface area is 241 Å². The lowest BCUT2D eigenvalue weighted by Crippen LogP contribution is -2.50. The molecule has 208 valence electrons.